The van der Waals surface area contributed by atoms with Crippen LogP contribution in [0.25, 0.3) is 0 Å². The standard InChI is InChI=1S/C17H31NO/c19-14-17(10-5-1-2-6-11-17)13-18-12-9-15-7-3-4-8-16(15)18/h15-16,19H,1-14H2. The minimum Gasteiger partial charge on any atom is -0.396 e. The number of hydrogen-bond acceptors (Lipinski definition) is 2. The van der Waals surface area contributed by atoms with Gasteiger partial charge in [-0.15, -0.1) is 0 Å². The first-order chi connectivity index (χ1) is 9.33. The molecule has 0 aromatic rings. The molecule has 1 aliphatic heterocycles. The fraction of sp³-hybridized carbons (Fsp3) is 1.00. The number of rotatable bonds is 3. The predicted molar refractivity (Wildman–Crippen MR) is 79.2 cm³/mol. The normalized spacial score (nSPS) is 35.8. The first-order valence-electron chi connectivity index (χ1n) is 8.68. The summed E-state index contributed by atoms with van der Waals surface area (Å²) < 4.78 is 0. The molecule has 2 saturated carbocycles. The minimum atomic E-state index is 0.239. The molecule has 110 valence electrons. The van der Waals surface area contributed by atoms with Gasteiger partial charge in [-0.3, -0.25) is 4.90 Å². The van der Waals surface area contributed by atoms with E-state index in [0.29, 0.717) is 6.61 Å². The SMILES string of the molecule is OCC1(CN2CCC3CCCCC32)CCCCCC1. The van der Waals surface area contributed by atoms with Crippen molar-refractivity contribution >= 4 is 0 Å². The van der Waals surface area contributed by atoms with E-state index in [0.717, 1.165) is 12.0 Å². The maximum Gasteiger partial charge on any atom is 0.0499 e. The third kappa shape index (κ3) is 3.00. The third-order valence-corrected chi connectivity index (χ3v) is 6.16. The van der Waals surface area contributed by atoms with Crippen molar-refractivity contribution in [3.8, 4) is 0 Å². The van der Waals surface area contributed by atoms with Crippen LogP contribution in [0.3, 0.4) is 0 Å². The van der Waals surface area contributed by atoms with Crippen LogP contribution < -0.4 is 0 Å². The summed E-state index contributed by atoms with van der Waals surface area (Å²) in [6.45, 7) is 2.91. The average Bonchev–Trinajstić information content (AvgIpc) is 2.70. The predicted octanol–water partition coefficient (Wildman–Crippen LogP) is 3.58. The molecule has 2 heteroatoms. The Morgan fingerprint density at radius 2 is 1.63 bits per heavy atom. The molecular weight excluding hydrogens is 234 g/mol. The highest BCUT2D eigenvalue weighted by molar-refractivity contribution is 4.94. The Hall–Kier alpha value is -0.0800. The highest BCUT2D eigenvalue weighted by atomic mass is 16.3. The van der Waals surface area contributed by atoms with Gasteiger partial charge in [0, 0.05) is 24.6 Å². The minimum absolute atomic E-state index is 0.239. The van der Waals surface area contributed by atoms with Gasteiger partial charge in [0.2, 0.25) is 0 Å². The lowest BCUT2D eigenvalue weighted by Gasteiger charge is -2.39. The largest absolute Gasteiger partial charge is 0.396 e. The van der Waals surface area contributed by atoms with Gasteiger partial charge in [-0.2, -0.15) is 0 Å². The number of fused-ring (bicyclic) bond motifs is 1. The fourth-order valence-corrected chi connectivity index (χ4v) is 4.97. The molecule has 1 saturated heterocycles. The topological polar surface area (TPSA) is 23.5 Å². The smallest absolute Gasteiger partial charge is 0.0499 e. The Kier molecular flexibility index (Phi) is 4.48. The van der Waals surface area contributed by atoms with Crippen LogP contribution in [-0.2, 0) is 0 Å². The molecule has 0 aromatic carbocycles. The van der Waals surface area contributed by atoms with E-state index in [-0.39, 0.29) is 5.41 Å². The highest BCUT2D eigenvalue weighted by Crippen LogP contribution is 2.41. The second-order valence-electron chi connectivity index (χ2n) is 7.44. The van der Waals surface area contributed by atoms with Crippen LogP contribution in [-0.4, -0.2) is 35.7 Å². The molecule has 3 aliphatic rings. The zero-order valence-electron chi connectivity index (χ0n) is 12.4. The van der Waals surface area contributed by atoms with Crippen LogP contribution in [0, 0.1) is 11.3 Å². The molecule has 2 unspecified atom stereocenters. The van der Waals surface area contributed by atoms with Gasteiger partial charge < -0.3 is 5.11 Å². The molecule has 0 radical (unpaired) electrons. The Morgan fingerprint density at radius 3 is 2.37 bits per heavy atom. The van der Waals surface area contributed by atoms with Crippen molar-refractivity contribution in [1.82, 2.24) is 4.90 Å². The van der Waals surface area contributed by atoms with Crippen molar-refractivity contribution in [2.45, 2.75) is 76.7 Å². The van der Waals surface area contributed by atoms with Crippen LogP contribution in [0.2, 0.25) is 0 Å². The van der Waals surface area contributed by atoms with E-state index in [9.17, 15) is 5.11 Å². The molecule has 0 spiro atoms. The summed E-state index contributed by atoms with van der Waals surface area (Å²) >= 11 is 0. The van der Waals surface area contributed by atoms with Gasteiger partial charge in [-0.05, 0) is 44.6 Å². The van der Waals surface area contributed by atoms with Crippen molar-refractivity contribution in [3.05, 3.63) is 0 Å². The lowest BCUT2D eigenvalue weighted by Crippen LogP contribution is -2.44. The summed E-state index contributed by atoms with van der Waals surface area (Å²) in [6, 6.07) is 0.862. The Bertz CT molecular complexity index is 283. The van der Waals surface area contributed by atoms with Gasteiger partial charge in [0.05, 0.1) is 0 Å². The molecule has 2 aliphatic carbocycles. The number of likely N-dealkylation sites (tertiary alicyclic amines) is 1. The molecule has 0 aromatic heterocycles. The van der Waals surface area contributed by atoms with Crippen molar-refractivity contribution < 1.29 is 5.11 Å². The first kappa shape index (κ1) is 13.9. The van der Waals surface area contributed by atoms with Gasteiger partial charge in [0.25, 0.3) is 0 Å². The van der Waals surface area contributed by atoms with E-state index in [4.69, 9.17) is 0 Å². The molecule has 19 heavy (non-hydrogen) atoms. The van der Waals surface area contributed by atoms with E-state index >= 15 is 0 Å². The van der Waals surface area contributed by atoms with Gasteiger partial charge in [0.15, 0.2) is 0 Å². The molecule has 0 bridgehead atoms. The molecule has 3 fully saturated rings. The molecule has 2 atom stereocenters. The second kappa shape index (κ2) is 6.13. The van der Waals surface area contributed by atoms with E-state index < -0.39 is 0 Å². The van der Waals surface area contributed by atoms with E-state index in [1.807, 2.05) is 0 Å². The molecule has 0 amide bonds. The average molecular weight is 265 g/mol. The summed E-state index contributed by atoms with van der Waals surface area (Å²) in [5.74, 6) is 0.982. The summed E-state index contributed by atoms with van der Waals surface area (Å²) in [5, 5.41) is 10.00. The Labute approximate surface area is 118 Å². The number of hydrogen-bond donors (Lipinski definition) is 1. The fourth-order valence-electron chi connectivity index (χ4n) is 4.97. The van der Waals surface area contributed by atoms with Gasteiger partial charge in [-0.1, -0.05) is 38.5 Å². The van der Waals surface area contributed by atoms with E-state index in [2.05, 4.69) is 4.90 Å². The summed E-state index contributed by atoms with van der Waals surface area (Å²) in [6.07, 6.45) is 15.2. The lowest BCUT2D eigenvalue weighted by molar-refractivity contribution is 0.0447. The molecule has 1 N–H and O–H groups in total. The van der Waals surface area contributed by atoms with Crippen LogP contribution in [0.1, 0.15) is 70.6 Å². The number of aliphatic hydroxyl groups is 1. The molecule has 2 nitrogen and oxygen atoms in total. The van der Waals surface area contributed by atoms with Crippen LogP contribution in [0.5, 0.6) is 0 Å². The van der Waals surface area contributed by atoms with Gasteiger partial charge in [0.1, 0.15) is 0 Å². The van der Waals surface area contributed by atoms with Gasteiger partial charge >= 0.3 is 0 Å². The highest BCUT2D eigenvalue weighted by Gasteiger charge is 2.40. The first-order valence-corrected chi connectivity index (χ1v) is 8.68. The Balaban J connectivity index is 1.65. The van der Waals surface area contributed by atoms with Crippen LogP contribution in [0.4, 0.5) is 0 Å². The molecular formula is C17H31NO. The molecule has 1 heterocycles. The van der Waals surface area contributed by atoms with Crippen LogP contribution in [0.15, 0.2) is 0 Å². The van der Waals surface area contributed by atoms with E-state index in [1.54, 1.807) is 0 Å². The quantitative estimate of drug-likeness (QED) is 0.788. The second-order valence-corrected chi connectivity index (χ2v) is 7.44. The maximum absolute atomic E-state index is 10.00. The number of aliphatic hydroxyl groups excluding tert-OH is 1. The number of nitrogens with zero attached hydrogens (tertiary/aromatic N) is 1. The zero-order chi connectivity index (χ0) is 13.1. The zero-order valence-corrected chi connectivity index (χ0v) is 12.4. The van der Waals surface area contributed by atoms with Crippen molar-refractivity contribution in [1.29, 1.82) is 0 Å². The van der Waals surface area contributed by atoms with Gasteiger partial charge in [-0.25, -0.2) is 0 Å². The summed E-state index contributed by atoms with van der Waals surface area (Å²) in [4.78, 5) is 2.77. The third-order valence-electron chi connectivity index (χ3n) is 6.16. The van der Waals surface area contributed by atoms with E-state index in [1.165, 1.54) is 83.7 Å². The van der Waals surface area contributed by atoms with Crippen molar-refractivity contribution in [2.24, 2.45) is 11.3 Å². The van der Waals surface area contributed by atoms with Crippen molar-refractivity contribution in [2.75, 3.05) is 19.7 Å². The van der Waals surface area contributed by atoms with Crippen molar-refractivity contribution in [3.63, 3.8) is 0 Å². The lowest BCUT2D eigenvalue weighted by atomic mass is 9.79. The monoisotopic (exact) mass is 265 g/mol. The van der Waals surface area contributed by atoms with Crippen LogP contribution >= 0.6 is 0 Å². The Morgan fingerprint density at radius 1 is 0.895 bits per heavy atom. The summed E-state index contributed by atoms with van der Waals surface area (Å²) in [5.41, 5.74) is 0.239. The molecule has 3 rings (SSSR count). The summed E-state index contributed by atoms with van der Waals surface area (Å²) in [7, 11) is 0. The maximum atomic E-state index is 10.00.